The van der Waals surface area contributed by atoms with Gasteiger partial charge in [-0.1, -0.05) is 60.7 Å². The van der Waals surface area contributed by atoms with E-state index in [4.69, 9.17) is 0 Å². The minimum absolute atomic E-state index is 0.189. The molecule has 2 aromatic carbocycles. The van der Waals surface area contributed by atoms with Gasteiger partial charge in [0.15, 0.2) is 0 Å². The van der Waals surface area contributed by atoms with E-state index in [1.807, 2.05) is 60.7 Å². The van der Waals surface area contributed by atoms with Gasteiger partial charge in [0.1, 0.15) is 17.9 Å². The molecule has 0 bridgehead atoms. The van der Waals surface area contributed by atoms with Gasteiger partial charge in [-0.05, 0) is 28.5 Å². The molecule has 0 spiro atoms. The van der Waals surface area contributed by atoms with Gasteiger partial charge in [0.25, 0.3) is 0 Å². The topological polar surface area (TPSA) is 110 Å². The molecule has 0 saturated carbocycles. The number of aryl methyl sites for hydroxylation is 1. The minimum Gasteiger partial charge on any atom is -0.480 e. The molecule has 0 aliphatic carbocycles. The number of benzene rings is 2. The van der Waals surface area contributed by atoms with Gasteiger partial charge in [-0.25, -0.2) is 9.48 Å². The van der Waals surface area contributed by atoms with Crippen LogP contribution in [0.5, 0.6) is 0 Å². The summed E-state index contributed by atoms with van der Waals surface area (Å²) in [5.74, 6) is -1.06. The fourth-order valence-corrected chi connectivity index (χ4v) is 2.97. The quantitative estimate of drug-likeness (QED) is 0.615. The van der Waals surface area contributed by atoms with Crippen LogP contribution in [-0.4, -0.2) is 43.2 Å². The first kappa shape index (κ1) is 19.2. The van der Waals surface area contributed by atoms with E-state index in [-0.39, 0.29) is 6.42 Å². The van der Waals surface area contributed by atoms with Crippen LogP contribution in [0, 0.1) is 6.92 Å². The number of carboxylic acid groups (broad SMARTS) is 1. The predicted molar refractivity (Wildman–Crippen MR) is 101 cm³/mol. The third-order valence-corrected chi connectivity index (χ3v) is 4.42. The highest BCUT2D eigenvalue weighted by atomic mass is 16.4. The molecule has 28 heavy (non-hydrogen) atoms. The van der Waals surface area contributed by atoms with Crippen LogP contribution < -0.4 is 5.32 Å². The van der Waals surface area contributed by atoms with Crippen LogP contribution in [-0.2, 0) is 22.4 Å². The maximum absolute atomic E-state index is 13.0. The number of nitrogens with one attached hydrogen (secondary N) is 1. The van der Waals surface area contributed by atoms with Crippen molar-refractivity contribution in [1.82, 2.24) is 25.5 Å². The monoisotopic (exact) mass is 379 g/mol. The second-order valence-corrected chi connectivity index (χ2v) is 6.47. The molecule has 0 fully saturated rings. The van der Waals surface area contributed by atoms with Gasteiger partial charge in [0, 0.05) is 12.8 Å². The van der Waals surface area contributed by atoms with E-state index in [0.29, 0.717) is 12.2 Å². The van der Waals surface area contributed by atoms with Gasteiger partial charge in [-0.15, -0.1) is 5.10 Å². The standard InChI is InChI=1S/C20H21N5O3/c1-14-22-23-24-25(14)18(13-16-10-6-3-7-11-16)19(26)21-17(20(27)28)12-15-8-4-2-5-9-15/h2-11,17-18H,12-13H2,1H3,(H,21,26)(H,27,28). The van der Waals surface area contributed by atoms with Gasteiger partial charge in [-0.3, -0.25) is 4.79 Å². The molecule has 2 N–H and O–H groups in total. The maximum atomic E-state index is 13.0. The number of carbonyl (C=O) groups is 2. The number of hydrogen-bond donors (Lipinski definition) is 2. The first-order valence-electron chi connectivity index (χ1n) is 8.90. The van der Waals surface area contributed by atoms with Crippen LogP contribution in [0.2, 0.25) is 0 Å². The lowest BCUT2D eigenvalue weighted by Crippen LogP contribution is -2.46. The fourth-order valence-electron chi connectivity index (χ4n) is 2.97. The molecule has 0 aliphatic heterocycles. The molecule has 0 aliphatic rings. The van der Waals surface area contributed by atoms with E-state index in [9.17, 15) is 14.7 Å². The summed E-state index contributed by atoms with van der Waals surface area (Å²) in [4.78, 5) is 24.7. The summed E-state index contributed by atoms with van der Waals surface area (Å²) in [5.41, 5.74) is 1.75. The highest BCUT2D eigenvalue weighted by Gasteiger charge is 2.28. The number of carbonyl (C=O) groups excluding carboxylic acids is 1. The smallest absolute Gasteiger partial charge is 0.326 e. The van der Waals surface area contributed by atoms with Crippen molar-refractivity contribution in [3.8, 4) is 0 Å². The number of carboxylic acids is 1. The van der Waals surface area contributed by atoms with E-state index < -0.39 is 24.0 Å². The van der Waals surface area contributed by atoms with Crippen LogP contribution >= 0.6 is 0 Å². The van der Waals surface area contributed by atoms with Crippen molar-refractivity contribution in [2.45, 2.75) is 31.8 Å². The van der Waals surface area contributed by atoms with E-state index in [1.54, 1.807) is 6.92 Å². The van der Waals surface area contributed by atoms with Gasteiger partial charge >= 0.3 is 5.97 Å². The van der Waals surface area contributed by atoms with Gasteiger partial charge in [0.05, 0.1) is 0 Å². The molecule has 1 heterocycles. The number of aliphatic carboxylic acids is 1. The highest BCUT2D eigenvalue weighted by molar-refractivity contribution is 5.86. The molecule has 2 unspecified atom stereocenters. The minimum atomic E-state index is -1.09. The zero-order valence-electron chi connectivity index (χ0n) is 15.4. The Bertz CT molecular complexity index is 927. The molecule has 2 atom stereocenters. The first-order valence-corrected chi connectivity index (χ1v) is 8.90. The number of rotatable bonds is 8. The zero-order chi connectivity index (χ0) is 19.9. The Balaban J connectivity index is 1.81. The van der Waals surface area contributed by atoms with E-state index in [1.165, 1.54) is 4.68 Å². The largest absolute Gasteiger partial charge is 0.480 e. The molecule has 8 heteroatoms. The summed E-state index contributed by atoms with van der Waals surface area (Å²) >= 11 is 0. The maximum Gasteiger partial charge on any atom is 0.326 e. The van der Waals surface area contributed by atoms with Crippen molar-refractivity contribution < 1.29 is 14.7 Å². The lowest BCUT2D eigenvalue weighted by Gasteiger charge is -2.21. The van der Waals surface area contributed by atoms with Crippen LogP contribution in [0.1, 0.15) is 23.0 Å². The van der Waals surface area contributed by atoms with Crippen molar-refractivity contribution in [3.63, 3.8) is 0 Å². The van der Waals surface area contributed by atoms with E-state index in [2.05, 4.69) is 20.8 Å². The molecule has 3 rings (SSSR count). The van der Waals surface area contributed by atoms with Gasteiger partial charge < -0.3 is 10.4 Å². The number of hydrogen-bond acceptors (Lipinski definition) is 5. The Kier molecular flexibility index (Phi) is 6.11. The Hall–Kier alpha value is -3.55. The Labute approximate surface area is 162 Å². The lowest BCUT2D eigenvalue weighted by atomic mass is 10.0. The van der Waals surface area contributed by atoms with Crippen LogP contribution in [0.15, 0.2) is 60.7 Å². The molecule has 3 aromatic rings. The normalized spacial score (nSPS) is 12.9. The van der Waals surface area contributed by atoms with Gasteiger partial charge in [0.2, 0.25) is 5.91 Å². The summed E-state index contributed by atoms with van der Waals surface area (Å²) < 4.78 is 1.42. The highest BCUT2D eigenvalue weighted by Crippen LogP contribution is 2.16. The van der Waals surface area contributed by atoms with Crippen LogP contribution in [0.3, 0.4) is 0 Å². The molecule has 1 aromatic heterocycles. The molecular formula is C20H21N5O3. The van der Waals surface area contributed by atoms with Crippen LogP contribution in [0.25, 0.3) is 0 Å². The van der Waals surface area contributed by atoms with E-state index in [0.717, 1.165) is 11.1 Å². The number of nitrogens with zero attached hydrogens (tertiary/aromatic N) is 4. The average Bonchev–Trinajstić information content (AvgIpc) is 3.12. The van der Waals surface area contributed by atoms with Gasteiger partial charge in [-0.2, -0.15) is 0 Å². The molecule has 144 valence electrons. The Morgan fingerprint density at radius 3 is 2.07 bits per heavy atom. The fraction of sp³-hybridized carbons (Fsp3) is 0.250. The first-order chi connectivity index (χ1) is 13.5. The van der Waals surface area contributed by atoms with E-state index >= 15 is 0 Å². The number of amides is 1. The third-order valence-electron chi connectivity index (χ3n) is 4.42. The lowest BCUT2D eigenvalue weighted by molar-refractivity contribution is -0.142. The summed E-state index contributed by atoms with van der Waals surface area (Å²) in [7, 11) is 0. The summed E-state index contributed by atoms with van der Waals surface area (Å²) in [6.45, 7) is 1.70. The third kappa shape index (κ3) is 4.79. The summed E-state index contributed by atoms with van der Waals surface area (Å²) in [6.07, 6.45) is 0.533. The Morgan fingerprint density at radius 2 is 1.57 bits per heavy atom. The van der Waals surface area contributed by atoms with Crippen LogP contribution in [0.4, 0.5) is 0 Å². The second-order valence-electron chi connectivity index (χ2n) is 6.47. The summed E-state index contributed by atoms with van der Waals surface area (Å²) in [6, 6.07) is 16.8. The molecular weight excluding hydrogens is 358 g/mol. The summed E-state index contributed by atoms with van der Waals surface area (Å²) in [5, 5.41) is 23.6. The van der Waals surface area contributed by atoms with Crippen molar-refractivity contribution in [3.05, 3.63) is 77.6 Å². The van der Waals surface area contributed by atoms with Crippen molar-refractivity contribution >= 4 is 11.9 Å². The predicted octanol–water partition coefficient (Wildman–Crippen LogP) is 1.58. The number of aromatic nitrogens is 4. The molecule has 1 amide bonds. The van der Waals surface area contributed by atoms with Crippen molar-refractivity contribution in [2.24, 2.45) is 0 Å². The average molecular weight is 379 g/mol. The SMILES string of the molecule is Cc1nnnn1C(Cc1ccccc1)C(=O)NC(Cc1ccccc1)C(=O)O. The van der Waals surface area contributed by atoms with Crippen molar-refractivity contribution in [1.29, 1.82) is 0 Å². The molecule has 0 saturated heterocycles. The second kappa shape index (κ2) is 8.90. The molecule has 0 radical (unpaired) electrons. The molecule has 8 nitrogen and oxygen atoms in total. The zero-order valence-corrected chi connectivity index (χ0v) is 15.4. The Morgan fingerprint density at radius 1 is 1.00 bits per heavy atom. The number of tetrazole rings is 1. The van der Waals surface area contributed by atoms with Crippen molar-refractivity contribution in [2.75, 3.05) is 0 Å².